The first-order valence-corrected chi connectivity index (χ1v) is 7.27. The molecule has 0 aliphatic heterocycles. The standard InChI is InChI=1S/C14H13BrN4O2/c1-7(2)11-9(6-20-18-11)14-17-13(19-21-14)12-8(3)4-5-10(15)16-12/h4-7H,1-3H3. The first-order chi connectivity index (χ1) is 10.1. The Morgan fingerprint density at radius 2 is 1.95 bits per heavy atom. The molecule has 7 heteroatoms. The number of hydrogen-bond acceptors (Lipinski definition) is 6. The van der Waals surface area contributed by atoms with E-state index in [1.54, 1.807) is 0 Å². The van der Waals surface area contributed by atoms with E-state index in [0.717, 1.165) is 21.4 Å². The second kappa shape index (κ2) is 5.40. The van der Waals surface area contributed by atoms with Crippen LogP contribution >= 0.6 is 15.9 Å². The van der Waals surface area contributed by atoms with E-state index in [2.05, 4.69) is 36.2 Å². The van der Waals surface area contributed by atoms with Crippen LogP contribution in [0.2, 0.25) is 0 Å². The highest BCUT2D eigenvalue weighted by Crippen LogP contribution is 2.29. The van der Waals surface area contributed by atoms with Crippen molar-refractivity contribution >= 4 is 15.9 Å². The zero-order valence-electron chi connectivity index (χ0n) is 11.8. The Hall–Kier alpha value is -2.02. The van der Waals surface area contributed by atoms with E-state index in [-0.39, 0.29) is 5.92 Å². The molecule has 0 bridgehead atoms. The monoisotopic (exact) mass is 348 g/mol. The van der Waals surface area contributed by atoms with Crippen LogP contribution in [0.4, 0.5) is 0 Å². The molecule has 0 saturated carbocycles. The van der Waals surface area contributed by atoms with Crippen molar-refractivity contribution in [2.75, 3.05) is 0 Å². The van der Waals surface area contributed by atoms with Gasteiger partial charge in [-0.25, -0.2) is 4.98 Å². The molecule has 0 aliphatic rings. The van der Waals surface area contributed by atoms with Gasteiger partial charge in [0.25, 0.3) is 5.89 Å². The summed E-state index contributed by atoms with van der Waals surface area (Å²) in [6.45, 7) is 6.00. The topological polar surface area (TPSA) is 77.8 Å². The van der Waals surface area contributed by atoms with Gasteiger partial charge in [0, 0.05) is 0 Å². The Bertz CT molecular complexity index is 779. The molecule has 0 radical (unpaired) electrons. The van der Waals surface area contributed by atoms with Gasteiger partial charge >= 0.3 is 0 Å². The average molecular weight is 349 g/mol. The lowest BCUT2D eigenvalue weighted by molar-refractivity contribution is 0.407. The van der Waals surface area contributed by atoms with E-state index in [0.29, 0.717) is 17.4 Å². The number of nitrogens with zero attached hydrogens (tertiary/aromatic N) is 4. The SMILES string of the molecule is Cc1ccc(Br)nc1-c1noc(-c2conc2C(C)C)n1. The van der Waals surface area contributed by atoms with E-state index in [1.165, 1.54) is 6.26 Å². The number of rotatable bonds is 3. The minimum absolute atomic E-state index is 0.208. The van der Waals surface area contributed by atoms with Crippen LogP contribution < -0.4 is 0 Å². The summed E-state index contributed by atoms with van der Waals surface area (Å²) in [4.78, 5) is 8.79. The van der Waals surface area contributed by atoms with Gasteiger partial charge in [-0.15, -0.1) is 0 Å². The van der Waals surface area contributed by atoms with Crippen molar-refractivity contribution in [3.8, 4) is 23.0 Å². The van der Waals surface area contributed by atoms with E-state index >= 15 is 0 Å². The maximum absolute atomic E-state index is 5.33. The van der Waals surface area contributed by atoms with Gasteiger partial charge in [-0.05, 0) is 40.4 Å². The van der Waals surface area contributed by atoms with Crippen molar-refractivity contribution in [2.45, 2.75) is 26.7 Å². The quantitative estimate of drug-likeness (QED) is 0.666. The molecule has 0 fully saturated rings. The van der Waals surface area contributed by atoms with E-state index in [4.69, 9.17) is 9.05 Å². The van der Waals surface area contributed by atoms with Crippen LogP contribution in [0.15, 0.2) is 32.0 Å². The summed E-state index contributed by atoms with van der Waals surface area (Å²) in [5, 5.41) is 7.99. The average Bonchev–Trinajstić information content (AvgIpc) is 3.08. The predicted molar refractivity (Wildman–Crippen MR) is 79.6 cm³/mol. The van der Waals surface area contributed by atoms with Gasteiger partial charge in [-0.1, -0.05) is 30.2 Å². The zero-order valence-corrected chi connectivity index (χ0v) is 13.4. The van der Waals surface area contributed by atoms with Crippen molar-refractivity contribution < 1.29 is 9.05 Å². The van der Waals surface area contributed by atoms with E-state index in [9.17, 15) is 0 Å². The summed E-state index contributed by atoms with van der Waals surface area (Å²) in [7, 11) is 0. The van der Waals surface area contributed by atoms with Gasteiger partial charge in [0.05, 0.1) is 5.69 Å². The van der Waals surface area contributed by atoms with Gasteiger partial charge < -0.3 is 9.05 Å². The maximum Gasteiger partial charge on any atom is 0.263 e. The van der Waals surface area contributed by atoms with E-state index < -0.39 is 0 Å². The molecule has 0 aliphatic carbocycles. The molecule has 0 amide bonds. The molecule has 0 unspecified atom stereocenters. The molecule has 0 aromatic carbocycles. The molecule has 3 aromatic heterocycles. The predicted octanol–water partition coefficient (Wildman–Crippen LogP) is 3.98. The lowest BCUT2D eigenvalue weighted by Gasteiger charge is -2.00. The van der Waals surface area contributed by atoms with E-state index in [1.807, 2.05) is 32.9 Å². The first kappa shape index (κ1) is 13.9. The van der Waals surface area contributed by atoms with Crippen LogP contribution in [0.1, 0.15) is 31.0 Å². The number of hydrogen-bond donors (Lipinski definition) is 0. The minimum Gasteiger partial charge on any atom is -0.364 e. The fraction of sp³-hybridized carbons (Fsp3) is 0.286. The fourth-order valence-electron chi connectivity index (χ4n) is 1.98. The van der Waals surface area contributed by atoms with Crippen LogP contribution in [0, 0.1) is 6.92 Å². The molecule has 6 nitrogen and oxygen atoms in total. The van der Waals surface area contributed by atoms with Crippen molar-refractivity contribution in [1.82, 2.24) is 20.3 Å². The second-order valence-electron chi connectivity index (χ2n) is 4.99. The minimum atomic E-state index is 0.208. The molecular weight excluding hydrogens is 336 g/mol. The third kappa shape index (κ3) is 2.61. The highest BCUT2D eigenvalue weighted by Gasteiger charge is 2.20. The van der Waals surface area contributed by atoms with Crippen molar-refractivity contribution in [2.24, 2.45) is 0 Å². The molecule has 108 valence electrons. The number of halogens is 1. The van der Waals surface area contributed by atoms with Crippen LogP contribution in [0.25, 0.3) is 23.0 Å². The summed E-state index contributed by atoms with van der Waals surface area (Å²) >= 11 is 3.35. The first-order valence-electron chi connectivity index (χ1n) is 6.48. The fourth-order valence-corrected chi connectivity index (χ4v) is 2.29. The molecule has 21 heavy (non-hydrogen) atoms. The highest BCUT2D eigenvalue weighted by molar-refractivity contribution is 9.10. The van der Waals surface area contributed by atoms with Gasteiger partial charge in [-0.2, -0.15) is 4.98 Å². The zero-order chi connectivity index (χ0) is 15.0. The lowest BCUT2D eigenvalue weighted by atomic mass is 10.1. The Morgan fingerprint density at radius 1 is 1.14 bits per heavy atom. The van der Waals surface area contributed by atoms with Gasteiger partial charge in [0.15, 0.2) is 0 Å². The summed E-state index contributed by atoms with van der Waals surface area (Å²) < 4.78 is 11.1. The van der Waals surface area contributed by atoms with Gasteiger partial charge in [0.1, 0.15) is 22.1 Å². The van der Waals surface area contributed by atoms with Crippen molar-refractivity contribution in [3.63, 3.8) is 0 Å². The van der Waals surface area contributed by atoms with Crippen LogP contribution in [-0.2, 0) is 0 Å². The Balaban J connectivity index is 2.04. The molecule has 3 heterocycles. The Labute approximate surface area is 129 Å². The molecular formula is C14H13BrN4O2. The third-order valence-electron chi connectivity index (χ3n) is 3.08. The molecule has 0 saturated heterocycles. The van der Waals surface area contributed by atoms with Crippen molar-refractivity contribution in [1.29, 1.82) is 0 Å². The van der Waals surface area contributed by atoms with Crippen LogP contribution in [-0.4, -0.2) is 20.3 Å². The molecule has 0 spiro atoms. The number of pyridine rings is 1. The number of aromatic nitrogens is 4. The van der Waals surface area contributed by atoms with Crippen LogP contribution in [0.3, 0.4) is 0 Å². The largest absolute Gasteiger partial charge is 0.364 e. The molecule has 3 aromatic rings. The van der Waals surface area contributed by atoms with Gasteiger partial charge in [0.2, 0.25) is 5.82 Å². The maximum atomic E-state index is 5.33. The molecule has 0 atom stereocenters. The van der Waals surface area contributed by atoms with Crippen molar-refractivity contribution in [3.05, 3.63) is 34.3 Å². The number of aryl methyl sites for hydroxylation is 1. The third-order valence-corrected chi connectivity index (χ3v) is 3.52. The van der Waals surface area contributed by atoms with Crippen LogP contribution in [0.5, 0.6) is 0 Å². The Kier molecular flexibility index (Phi) is 3.59. The normalized spacial score (nSPS) is 11.3. The summed E-state index contributed by atoms with van der Waals surface area (Å²) in [6.07, 6.45) is 1.52. The molecule has 0 N–H and O–H groups in total. The second-order valence-corrected chi connectivity index (χ2v) is 5.80. The smallest absolute Gasteiger partial charge is 0.263 e. The van der Waals surface area contributed by atoms with Gasteiger partial charge in [-0.3, -0.25) is 0 Å². The Morgan fingerprint density at radius 3 is 2.71 bits per heavy atom. The molecule has 3 rings (SSSR count). The highest BCUT2D eigenvalue weighted by atomic mass is 79.9. The summed E-state index contributed by atoms with van der Waals surface area (Å²) in [5.41, 5.74) is 3.17. The lowest BCUT2D eigenvalue weighted by Crippen LogP contribution is -1.92. The summed E-state index contributed by atoms with van der Waals surface area (Å²) in [6, 6.07) is 3.82. The summed E-state index contributed by atoms with van der Waals surface area (Å²) in [5.74, 6) is 1.04.